The molecule has 0 saturated heterocycles. The quantitative estimate of drug-likeness (QED) is 0.504. The summed E-state index contributed by atoms with van der Waals surface area (Å²) in [4.78, 5) is 10.4. The Morgan fingerprint density at radius 2 is 2.09 bits per heavy atom. The molecule has 0 aromatic carbocycles. The molecule has 1 atom stereocenters. The van der Waals surface area contributed by atoms with Gasteiger partial charge in [0, 0.05) is 6.61 Å². The lowest BCUT2D eigenvalue weighted by Crippen LogP contribution is -2.16. The van der Waals surface area contributed by atoms with E-state index in [0.717, 1.165) is 0 Å². The van der Waals surface area contributed by atoms with Crippen LogP contribution in [0.2, 0.25) is 0 Å². The van der Waals surface area contributed by atoms with Crippen molar-refractivity contribution in [2.75, 3.05) is 13.2 Å². The highest BCUT2D eigenvalue weighted by atomic mass is 16.4. The van der Waals surface area contributed by atoms with Gasteiger partial charge in [-0.05, 0) is 25.8 Å². The van der Waals surface area contributed by atoms with Crippen LogP contribution < -0.4 is 5.73 Å². The third-order valence-electron chi connectivity index (χ3n) is 1.58. The molecular weight excluding hydrogens is 146 g/mol. The molecule has 0 fully saturated rings. The molecule has 66 valence electrons. The highest BCUT2D eigenvalue weighted by molar-refractivity contribution is 5.69. The number of carboxylic acid groups (broad SMARTS) is 1. The van der Waals surface area contributed by atoms with Gasteiger partial charge in [0.05, 0.1) is 5.92 Å². The van der Waals surface area contributed by atoms with E-state index in [-0.39, 0.29) is 6.61 Å². The molecule has 0 bridgehead atoms. The van der Waals surface area contributed by atoms with Gasteiger partial charge in [0.2, 0.25) is 0 Å². The number of hydrogen-bond acceptors (Lipinski definition) is 3. The van der Waals surface area contributed by atoms with Crippen molar-refractivity contribution in [1.82, 2.24) is 0 Å². The van der Waals surface area contributed by atoms with Crippen LogP contribution in [0.5, 0.6) is 0 Å². The normalized spacial score (nSPS) is 12.9. The Bertz CT molecular complexity index is 116. The predicted octanol–water partition coefficient (Wildman–Crippen LogP) is -0.192. The van der Waals surface area contributed by atoms with Crippen molar-refractivity contribution in [2.45, 2.75) is 19.3 Å². The third-order valence-corrected chi connectivity index (χ3v) is 1.58. The number of carbonyl (C=O) groups is 1. The summed E-state index contributed by atoms with van der Waals surface area (Å²) in [7, 11) is 0. The largest absolute Gasteiger partial charge is 0.481 e. The zero-order valence-corrected chi connectivity index (χ0v) is 6.49. The monoisotopic (exact) mass is 161 g/mol. The first-order valence-electron chi connectivity index (χ1n) is 3.76. The fourth-order valence-electron chi connectivity index (χ4n) is 0.911. The van der Waals surface area contributed by atoms with Crippen LogP contribution in [0.15, 0.2) is 0 Å². The van der Waals surface area contributed by atoms with Crippen LogP contribution in [-0.2, 0) is 4.79 Å². The van der Waals surface area contributed by atoms with Crippen LogP contribution in [0, 0.1) is 5.92 Å². The summed E-state index contributed by atoms with van der Waals surface area (Å²) >= 11 is 0. The molecule has 0 radical (unpaired) electrons. The summed E-state index contributed by atoms with van der Waals surface area (Å²) in [6.07, 6.45) is 1.60. The minimum absolute atomic E-state index is 0.0679. The zero-order chi connectivity index (χ0) is 8.69. The van der Waals surface area contributed by atoms with Crippen LogP contribution in [0.4, 0.5) is 0 Å². The van der Waals surface area contributed by atoms with E-state index in [1.807, 2.05) is 0 Å². The lowest BCUT2D eigenvalue weighted by Gasteiger charge is -2.08. The Kier molecular flexibility index (Phi) is 5.78. The highest BCUT2D eigenvalue weighted by Gasteiger charge is 2.15. The van der Waals surface area contributed by atoms with Gasteiger partial charge < -0.3 is 15.9 Å². The van der Waals surface area contributed by atoms with Crippen molar-refractivity contribution in [3.8, 4) is 0 Å². The van der Waals surface area contributed by atoms with Crippen LogP contribution >= 0.6 is 0 Å². The number of hydrogen-bond donors (Lipinski definition) is 3. The first-order valence-corrected chi connectivity index (χ1v) is 3.76. The molecule has 0 rings (SSSR count). The lowest BCUT2D eigenvalue weighted by atomic mass is 10.0. The number of aliphatic hydroxyl groups excluding tert-OH is 1. The minimum atomic E-state index is -0.840. The molecule has 0 aromatic rings. The molecule has 0 heterocycles. The van der Waals surface area contributed by atoms with E-state index in [4.69, 9.17) is 15.9 Å². The van der Waals surface area contributed by atoms with Gasteiger partial charge in [-0.15, -0.1) is 0 Å². The molecule has 0 saturated carbocycles. The molecule has 4 nitrogen and oxygen atoms in total. The molecule has 0 aliphatic heterocycles. The van der Waals surface area contributed by atoms with Gasteiger partial charge in [0.1, 0.15) is 0 Å². The molecular formula is C7H15NO3. The maximum absolute atomic E-state index is 10.4. The van der Waals surface area contributed by atoms with Gasteiger partial charge in [0.25, 0.3) is 0 Å². The summed E-state index contributed by atoms with van der Waals surface area (Å²) in [6.45, 7) is 0.441. The Hall–Kier alpha value is -0.610. The van der Waals surface area contributed by atoms with Crippen LogP contribution in [-0.4, -0.2) is 29.3 Å². The van der Waals surface area contributed by atoms with Crippen LogP contribution in [0.25, 0.3) is 0 Å². The van der Waals surface area contributed by atoms with Crippen molar-refractivity contribution in [2.24, 2.45) is 11.7 Å². The zero-order valence-electron chi connectivity index (χ0n) is 6.49. The topological polar surface area (TPSA) is 83.5 Å². The molecule has 0 amide bonds. The van der Waals surface area contributed by atoms with Crippen molar-refractivity contribution in [1.29, 1.82) is 0 Å². The SMILES string of the molecule is NCCCC(CCO)C(=O)O. The maximum atomic E-state index is 10.4. The average Bonchev–Trinajstić information content (AvgIpc) is 1.97. The second-order valence-corrected chi connectivity index (χ2v) is 2.48. The summed E-state index contributed by atoms with van der Waals surface area (Å²) in [5.74, 6) is -1.27. The van der Waals surface area contributed by atoms with Gasteiger partial charge in [-0.2, -0.15) is 0 Å². The number of nitrogens with two attached hydrogens (primary N) is 1. The van der Waals surface area contributed by atoms with E-state index >= 15 is 0 Å². The van der Waals surface area contributed by atoms with Crippen molar-refractivity contribution < 1.29 is 15.0 Å². The average molecular weight is 161 g/mol. The fourth-order valence-corrected chi connectivity index (χ4v) is 0.911. The first-order chi connectivity index (χ1) is 5.22. The maximum Gasteiger partial charge on any atom is 0.306 e. The Morgan fingerprint density at radius 1 is 1.45 bits per heavy atom. The molecule has 4 N–H and O–H groups in total. The van der Waals surface area contributed by atoms with E-state index in [9.17, 15) is 4.79 Å². The highest BCUT2D eigenvalue weighted by Crippen LogP contribution is 2.09. The Morgan fingerprint density at radius 3 is 2.45 bits per heavy atom. The summed E-state index contributed by atoms with van der Waals surface area (Å²) < 4.78 is 0. The standard InChI is InChI=1S/C7H15NO3/c8-4-1-2-6(3-5-9)7(10)11/h6,9H,1-5,8H2,(H,10,11). The van der Waals surface area contributed by atoms with Crippen molar-refractivity contribution in [3.63, 3.8) is 0 Å². The molecule has 1 unspecified atom stereocenters. The Balaban J connectivity index is 3.60. The van der Waals surface area contributed by atoms with E-state index < -0.39 is 11.9 Å². The van der Waals surface area contributed by atoms with Gasteiger partial charge in [-0.1, -0.05) is 0 Å². The van der Waals surface area contributed by atoms with Gasteiger partial charge >= 0.3 is 5.97 Å². The molecule has 0 spiro atoms. The first kappa shape index (κ1) is 10.4. The lowest BCUT2D eigenvalue weighted by molar-refractivity contribution is -0.142. The molecule has 0 aliphatic carbocycles. The van der Waals surface area contributed by atoms with E-state index in [0.29, 0.717) is 25.8 Å². The summed E-state index contributed by atoms with van der Waals surface area (Å²) in [6, 6.07) is 0. The number of aliphatic hydroxyl groups is 1. The summed E-state index contributed by atoms with van der Waals surface area (Å²) in [5, 5.41) is 17.1. The molecule has 11 heavy (non-hydrogen) atoms. The second-order valence-electron chi connectivity index (χ2n) is 2.48. The van der Waals surface area contributed by atoms with Crippen LogP contribution in [0.1, 0.15) is 19.3 Å². The summed E-state index contributed by atoms with van der Waals surface area (Å²) in [5.41, 5.74) is 5.22. The van der Waals surface area contributed by atoms with E-state index in [2.05, 4.69) is 0 Å². The van der Waals surface area contributed by atoms with Gasteiger partial charge in [-0.3, -0.25) is 4.79 Å². The second kappa shape index (κ2) is 6.12. The third kappa shape index (κ3) is 4.75. The van der Waals surface area contributed by atoms with Crippen molar-refractivity contribution in [3.05, 3.63) is 0 Å². The Labute approximate surface area is 66.0 Å². The van der Waals surface area contributed by atoms with Crippen molar-refractivity contribution >= 4 is 5.97 Å². The minimum Gasteiger partial charge on any atom is -0.481 e. The van der Waals surface area contributed by atoms with Crippen LogP contribution in [0.3, 0.4) is 0 Å². The number of carboxylic acids is 1. The predicted molar refractivity (Wildman–Crippen MR) is 41.1 cm³/mol. The molecule has 0 aliphatic rings. The number of rotatable bonds is 6. The van der Waals surface area contributed by atoms with Gasteiger partial charge in [0.15, 0.2) is 0 Å². The molecule has 4 heteroatoms. The molecule has 0 aromatic heterocycles. The number of aliphatic carboxylic acids is 1. The van der Waals surface area contributed by atoms with E-state index in [1.165, 1.54) is 0 Å². The van der Waals surface area contributed by atoms with Gasteiger partial charge in [-0.25, -0.2) is 0 Å². The van der Waals surface area contributed by atoms with E-state index in [1.54, 1.807) is 0 Å². The fraction of sp³-hybridized carbons (Fsp3) is 0.857. The smallest absolute Gasteiger partial charge is 0.306 e.